The molecule has 1 aromatic carbocycles. The molecule has 0 fully saturated rings. The first-order chi connectivity index (χ1) is 10.2. The molecule has 0 bridgehead atoms. The summed E-state index contributed by atoms with van der Waals surface area (Å²) in [5, 5.41) is 4.38. The molecule has 0 spiro atoms. The summed E-state index contributed by atoms with van der Waals surface area (Å²) in [7, 11) is 0. The number of halogens is 1. The second-order valence-electron chi connectivity index (χ2n) is 5.00. The Labute approximate surface area is 125 Å². The number of ether oxygens (including phenoxy) is 1. The largest absolute Gasteiger partial charge is 0.376 e. The Balaban J connectivity index is 1.97. The Morgan fingerprint density at radius 2 is 2.10 bits per heavy atom. The smallest absolute Gasteiger partial charge is 0.280 e. The van der Waals surface area contributed by atoms with E-state index in [1.165, 1.54) is 4.68 Å². The van der Waals surface area contributed by atoms with E-state index in [9.17, 15) is 4.79 Å². The van der Waals surface area contributed by atoms with Crippen molar-refractivity contribution < 1.29 is 4.74 Å². The number of benzene rings is 1. The van der Waals surface area contributed by atoms with Gasteiger partial charge in [-0.3, -0.25) is 14.9 Å². The monoisotopic (exact) mass is 301 g/mol. The van der Waals surface area contributed by atoms with Crippen molar-refractivity contribution in [2.45, 2.75) is 13.0 Å². The number of aromatic nitrogens is 3. The zero-order valence-corrected chi connectivity index (χ0v) is 11.9. The van der Waals surface area contributed by atoms with Crippen LogP contribution in [0, 0.1) is 0 Å². The zero-order chi connectivity index (χ0) is 14.4. The van der Waals surface area contributed by atoms with Crippen LogP contribution in [-0.4, -0.2) is 21.4 Å². The van der Waals surface area contributed by atoms with Crippen LogP contribution in [0.25, 0.3) is 16.6 Å². The van der Waals surface area contributed by atoms with Crippen molar-refractivity contribution in [1.29, 1.82) is 0 Å². The Hall–Kier alpha value is -2.11. The summed E-state index contributed by atoms with van der Waals surface area (Å²) < 4.78 is 7.00. The number of nitrogens with one attached hydrogen (secondary N) is 1. The number of aromatic amines is 1. The number of rotatable bonds is 1. The summed E-state index contributed by atoms with van der Waals surface area (Å²) in [6.07, 6.45) is 2.42. The van der Waals surface area contributed by atoms with E-state index >= 15 is 0 Å². The number of H-pyrrole nitrogens is 1. The first-order valence-corrected chi connectivity index (χ1v) is 7.07. The van der Waals surface area contributed by atoms with Crippen molar-refractivity contribution in [2.24, 2.45) is 0 Å². The SMILES string of the molecule is O=c1c2cnc3c(c2[nH]n1-c1ccc(Cl)cc1)COCC3. The average Bonchev–Trinajstić information content (AvgIpc) is 2.86. The lowest BCUT2D eigenvalue weighted by molar-refractivity contribution is 0.110. The van der Waals surface area contributed by atoms with Gasteiger partial charge in [0.05, 0.1) is 35.5 Å². The van der Waals surface area contributed by atoms with Gasteiger partial charge in [-0.2, -0.15) is 0 Å². The van der Waals surface area contributed by atoms with Crippen LogP contribution in [0.15, 0.2) is 35.3 Å². The highest BCUT2D eigenvalue weighted by Crippen LogP contribution is 2.22. The standard InChI is InChI=1S/C15H12ClN3O2/c16-9-1-3-10(4-2-9)19-15(20)11-7-17-13-5-6-21-8-12(13)14(11)18-19/h1-4,7,18H,5-6,8H2. The molecule has 21 heavy (non-hydrogen) atoms. The van der Waals surface area contributed by atoms with Gasteiger partial charge in [-0.25, -0.2) is 4.68 Å². The molecule has 106 valence electrons. The summed E-state index contributed by atoms with van der Waals surface area (Å²) in [4.78, 5) is 16.9. The molecule has 0 aliphatic carbocycles. The Morgan fingerprint density at radius 1 is 1.29 bits per heavy atom. The highest BCUT2D eigenvalue weighted by atomic mass is 35.5. The van der Waals surface area contributed by atoms with Gasteiger partial charge in [0.25, 0.3) is 5.56 Å². The highest BCUT2D eigenvalue weighted by Gasteiger charge is 2.18. The Morgan fingerprint density at radius 3 is 2.90 bits per heavy atom. The van der Waals surface area contributed by atoms with Gasteiger partial charge in [-0.1, -0.05) is 11.6 Å². The van der Waals surface area contributed by atoms with E-state index in [1.807, 2.05) is 0 Å². The molecule has 0 unspecified atom stereocenters. The maximum absolute atomic E-state index is 12.5. The molecule has 0 amide bonds. The van der Waals surface area contributed by atoms with Gasteiger partial charge >= 0.3 is 0 Å². The van der Waals surface area contributed by atoms with E-state index in [-0.39, 0.29) is 5.56 Å². The molecule has 0 saturated heterocycles. The first-order valence-electron chi connectivity index (χ1n) is 6.69. The third-order valence-electron chi connectivity index (χ3n) is 3.74. The van der Waals surface area contributed by atoms with Gasteiger partial charge in [0.1, 0.15) is 0 Å². The summed E-state index contributed by atoms with van der Waals surface area (Å²) in [5.74, 6) is 0. The number of pyridine rings is 1. The number of fused-ring (bicyclic) bond motifs is 3. The van der Waals surface area contributed by atoms with Crippen LogP contribution in [0.2, 0.25) is 5.02 Å². The number of nitrogens with zero attached hydrogens (tertiary/aromatic N) is 2. The van der Waals surface area contributed by atoms with Gasteiger partial charge in [0, 0.05) is 23.2 Å². The van der Waals surface area contributed by atoms with Crippen molar-refractivity contribution in [1.82, 2.24) is 14.8 Å². The predicted octanol–water partition coefficient (Wildman–Crippen LogP) is 2.44. The fraction of sp³-hybridized carbons (Fsp3) is 0.200. The molecule has 4 rings (SSSR count). The normalized spacial score (nSPS) is 14.3. The maximum Gasteiger partial charge on any atom is 0.280 e. The van der Waals surface area contributed by atoms with Crippen LogP contribution in [-0.2, 0) is 17.8 Å². The molecule has 2 aromatic heterocycles. The summed E-state index contributed by atoms with van der Waals surface area (Å²) >= 11 is 5.89. The van der Waals surface area contributed by atoms with Gasteiger partial charge in [-0.05, 0) is 24.3 Å². The molecule has 3 aromatic rings. The molecule has 0 saturated carbocycles. The fourth-order valence-electron chi connectivity index (χ4n) is 2.65. The van der Waals surface area contributed by atoms with Crippen molar-refractivity contribution in [3.8, 4) is 5.69 Å². The quantitative estimate of drug-likeness (QED) is 0.751. The first kappa shape index (κ1) is 12.6. The minimum Gasteiger partial charge on any atom is -0.376 e. The van der Waals surface area contributed by atoms with E-state index in [0.717, 1.165) is 28.9 Å². The van der Waals surface area contributed by atoms with E-state index in [1.54, 1.807) is 30.5 Å². The van der Waals surface area contributed by atoms with Crippen LogP contribution in [0.5, 0.6) is 0 Å². The Bertz CT molecular complexity index is 880. The van der Waals surface area contributed by atoms with Crippen LogP contribution in [0.3, 0.4) is 0 Å². The van der Waals surface area contributed by atoms with Crippen LogP contribution >= 0.6 is 11.6 Å². The second-order valence-corrected chi connectivity index (χ2v) is 5.44. The van der Waals surface area contributed by atoms with E-state index in [2.05, 4.69) is 10.1 Å². The summed E-state index contributed by atoms with van der Waals surface area (Å²) in [5.41, 5.74) is 3.40. The molecule has 1 aliphatic rings. The summed E-state index contributed by atoms with van der Waals surface area (Å²) in [6, 6.07) is 7.11. The van der Waals surface area contributed by atoms with E-state index in [0.29, 0.717) is 23.6 Å². The average molecular weight is 302 g/mol. The fourth-order valence-corrected chi connectivity index (χ4v) is 2.78. The van der Waals surface area contributed by atoms with E-state index < -0.39 is 0 Å². The minimum absolute atomic E-state index is 0.117. The van der Waals surface area contributed by atoms with Crippen molar-refractivity contribution in [2.75, 3.05) is 6.61 Å². The summed E-state index contributed by atoms with van der Waals surface area (Å²) in [6.45, 7) is 1.16. The molecule has 3 heterocycles. The lowest BCUT2D eigenvalue weighted by atomic mass is 10.1. The van der Waals surface area contributed by atoms with Crippen molar-refractivity contribution >= 4 is 22.5 Å². The molecule has 1 N–H and O–H groups in total. The topological polar surface area (TPSA) is 59.9 Å². The molecule has 5 nitrogen and oxygen atoms in total. The van der Waals surface area contributed by atoms with Crippen LogP contribution < -0.4 is 5.56 Å². The van der Waals surface area contributed by atoms with Crippen LogP contribution in [0.1, 0.15) is 11.3 Å². The number of hydrogen-bond acceptors (Lipinski definition) is 3. The van der Waals surface area contributed by atoms with Gasteiger partial charge in [0.15, 0.2) is 0 Å². The molecule has 1 aliphatic heterocycles. The van der Waals surface area contributed by atoms with Crippen LogP contribution in [0.4, 0.5) is 0 Å². The second kappa shape index (κ2) is 4.72. The zero-order valence-electron chi connectivity index (χ0n) is 11.1. The maximum atomic E-state index is 12.5. The Kier molecular flexibility index (Phi) is 2.83. The van der Waals surface area contributed by atoms with Crippen molar-refractivity contribution in [3.63, 3.8) is 0 Å². The van der Waals surface area contributed by atoms with Gasteiger partial charge < -0.3 is 4.74 Å². The van der Waals surface area contributed by atoms with Gasteiger partial charge in [0.2, 0.25) is 0 Å². The molecular weight excluding hydrogens is 290 g/mol. The third-order valence-corrected chi connectivity index (χ3v) is 3.99. The molecular formula is C15H12ClN3O2. The molecule has 6 heteroatoms. The number of hydrogen-bond donors (Lipinski definition) is 1. The molecule has 0 radical (unpaired) electrons. The molecule has 0 atom stereocenters. The lowest BCUT2D eigenvalue weighted by Crippen LogP contribution is -2.14. The van der Waals surface area contributed by atoms with E-state index in [4.69, 9.17) is 16.3 Å². The minimum atomic E-state index is -0.117. The van der Waals surface area contributed by atoms with Crippen molar-refractivity contribution in [3.05, 3.63) is 57.1 Å². The predicted molar refractivity (Wildman–Crippen MR) is 80.1 cm³/mol. The highest BCUT2D eigenvalue weighted by molar-refractivity contribution is 6.30. The third kappa shape index (κ3) is 1.97. The lowest BCUT2D eigenvalue weighted by Gasteiger charge is -2.15. The van der Waals surface area contributed by atoms with Gasteiger partial charge in [-0.15, -0.1) is 0 Å².